The molecule has 2 heteroatoms. The maximum absolute atomic E-state index is 2.51. The van der Waals surface area contributed by atoms with E-state index in [9.17, 15) is 0 Å². The first kappa shape index (κ1) is 33.0. The van der Waals surface area contributed by atoms with E-state index >= 15 is 0 Å². The standard InChI is InChI=1S/C53H42N2/c1-37-23-24-40-15-5-6-17-47(40)53(37)42-29-35-45(36-30-42)54(43-31-25-39(26-32-43)38-13-3-2-4-14-38)44-33-27-41(28-34-44)46-16-7-10-20-50(46)55-51-21-11-8-18-48(51)49-19-9-12-22-52(49)55/h2-33,35-37,44,53H,34H2,1H3. The molecule has 2 aliphatic carbocycles. The SMILES string of the molecule is CC1C=Cc2ccccc2C1c1ccc(N(c2ccc(-c3ccccc3)cc2)C2C=CC(c3ccccc3-n3c4ccccc4c4ccccc43)=CC2)cc1. The number of allylic oxidation sites excluding steroid dienone is 3. The minimum Gasteiger partial charge on any atom is -0.334 e. The summed E-state index contributed by atoms with van der Waals surface area (Å²) in [6.45, 7) is 2.34. The van der Waals surface area contributed by atoms with Crippen molar-refractivity contribution in [2.45, 2.75) is 25.3 Å². The second kappa shape index (κ2) is 14.0. The topological polar surface area (TPSA) is 8.17 Å². The van der Waals surface area contributed by atoms with E-state index in [1.807, 2.05) is 0 Å². The summed E-state index contributed by atoms with van der Waals surface area (Å²) >= 11 is 0. The second-order valence-electron chi connectivity index (χ2n) is 14.9. The lowest BCUT2D eigenvalue weighted by Crippen LogP contribution is -2.30. The highest BCUT2D eigenvalue weighted by Gasteiger charge is 2.26. The van der Waals surface area contributed by atoms with Gasteiger partial charge in [0, 0.05) is 33.6 Å². The summed E-state index contributed by atoms with van der Waals surface area (Å²) in [6, 6.07) is 64.5. The quantitative estimate of drug-likeness (QED) is 0.160. The predicted octanol–water partition coefficient (Wildman–Crippen LogP) is 13.8. The number of aromatic nitrogens is 1. The Hall–Kier alpha value is -6.64. The van der Waals surface area contributed by atoms with Crippen LogP contribution in [0.1, 0.15) is 41.5 Å². The number of para-hydroxylation sites is 3. The highest BCUT2D eigenvalue weighted by molar-refractivity contribution is 6.09. The molecule has 0 saturated heterocycles. The van der Waals surface area contributed by atoms with Crippen LogP contribution in [0.2, 0.25) is 0 Å². The van der Waals surface area contributed by atoms with Gasteiger partial charge in [0.05, 0.1) is 22.8 Å². The molecular weight excluding hydrogens is 665 g/mol. The molecule has 264 valence electrons. The van der Waals surface area contributed by atoms with Crippen molar-refractivity contribution < 1.29 is 0 Å². The Bertz CT molecular complexity index is 2690. The van der Waals surface area contributed by atoms with Crippen LogP contribution in [0.3, 0.4) is 0 Å². The fourth-order valence-electron chi connectivity index (χ4n) is 8.99. The third kappa shape index (κ3) is 5.91. The van der Waals surface area contributed by atoms with E-state index in [4.69, 9.17) is 0 Å². The zero-order valence-electron chi connectivity index (χ0n) is 31.0. The minimum atomic E-state index is 0.148. The third-order valence-corrected chi connectivity index (χ3v) is 11.7. The first-order chi connectivity index (χ1) is 27.2. The molecule has 2 aliphatic rings. The van der Waals surface area contributed by atoms with Crippen molar-refractivity contribution in [3.05, 3.63) is 222 Å². The van der Waals surface area contributed by atoms with Gasteiger partial charge in [-0.05, 0) is 88.2 Å². The summed E-state index contributed by atoms with van der Waals surface area (Å²) in [5.74, 6) is 0.765. The first-order valence-corrected chi connectivity index (χ1v) is 19.5. The predicted molar refractivity (Wildman–Crippen MR) is 233 cm³/mol. The molecule has 0 bridgehead atoms. The molecule has 0 saturated carbocycles. The Balaban J connectivity index is 1.01. The van der Waals surface area contributed by atoms with Crippen LogP contribution >= 0.6 is 0 Å². The average molecular weight is 707 g/mol. The van der Waals surface area contributed by atoms with Crippen LogP contribution in [0.25, 0.3) is 50.3 Å². The second-order valence-corrected chi connectivity index (χ2v) is 14.9. The Kier molecular flexibility index (Phi) is 8.37. The van der Waals surface area contributed by atoms with Gasteiger partial charge in [0.15, 0.2) is 0 Å². The summed E-state index contributed by atoms with van der Waals surface area (Å²) in [4.78, 5) is 2.51. The lowest BCUT2D eigenvalue weighted by molar-refractivity contribution is 0.618. The number of hydrogen-bond donors (Lipinski definition) is 0. The maximum Gasteiger partial charge on any atom is 0.0560 e. The van der Waals surface area contributed by atoms with Crippen molar-refractivity contribution in [2.75, 3.05) is 4.90 Å². The van der Waals surface area contributed by atoms with E-state index in [-0.39, 0.29) is 6.04 Å². The van der Waals surface area contributed by atoms with Crippen molar-refractivity contribution in [3.63, 3.8) is 0 Å². The van der Waals surface area contributed by atoms with Crippen LogP contribution in [0.5, 0.6) is 0 Å². The van der Waals surface area contributed by atoms with Crippen LogP contribution in [0.15, 0.2) is 200 Å². The Morgan fingerprint density at radius 2 is 1.13 bits per heavy atom. The Morgan fingerprint density at radius 1 is 0.527 bits per heavy atom. The van der Waals surface area contributed by atoms with E-state index in [2.05, 4.69) is 223 Å². The molecule has 2 nitrogen and oxygen atoms in total. The van der Waals surface area contributed by atoms with E-state index in [1.54, 1.807) is 0 Å². The summed E-state index contributed by atoms with van der Waals surface area (Å²) < 4.78 is 2.43. The lowest BCUT2D eigenvalue weighted by Gasteiger charge is -2.34. The average Bonchev–Trinajstić information content (AvgIpc) is 3.59. The van der Waals surface area contributed by atoms with E-state index in [1.165, 1.54) is 77.8 Å². The molecule has 0 amide bonds. The maximum atomic E-state index is 2.51. The third-order valence-electron chi connectivity index (χ3n) is 11.7. The van der Waals surface area contributed by atoms with Gasteiger partial charge in [0.2, 0.25) is 0 Å². The van der Waals surface area contributed by atoms with Gasteiger partial charge >= 0.3 is 0 Å². The number of rotatable bonds is 7. The van der Waals surface area contributed by atoms with Crippen LogP contribution in [-0.2, 0) is 0 Å². The number of nitrogens with zero attached hydrogens (tertiary/aromatic N) is 2. The highest BCUT2D eigenvalue weighted by atomic mass is 15.2. The molecule has 10 rings (SSSR count). The van der Waals surface area contributed by atoms with Gasteiger partial charge in [-0.3, -0.25) is 0 Å². The Labute approximate surface area is 323 Å². The molecule has 0 spiro atoms. The zero-order chi connectivity index (χ0) is 36.7. The highest BCUT2D eigenvalue weighted by Crippen LogP contribution is 2.42. The van der Waals surface area contributed by atoms with Crippen molar-refractivity contribution in [2.24, 2.45) is 5.92 Å². The molecule has 0 aliphatic heterocycles. The van der Waals surface area contributed by atoms with Gasteiger partial charge in [-0.25, -0.2) is 0 Å². The van der Waals surface area contributed by atoms with E-state index in [0.717, 1.165) is 6.42 Å². The summed E-state index contributed by atoms with van der Waals surface area (Å²) in [5.41, 5.74) is 15.1. The van der Waals surface area contributed by atoms with Crippen LogP contribution in [-0.4, -0.2) is 10.6 Å². The Morgan fingerprint density at radius 3 is 1.84 bits per heavy atom. The fourth-order valence-corrected chi connectivity index (χ4v) is 8.99. The monoisotopic (exact) mass is 706 g/mol. The minimum absolute atomic E-state index is 0.148. The van der Waals surface area contributed by atoms with Crippen molar-refractivity contribution in [3.8, 4) is 16.8 Å². The number of anilines is 2. The van der Waals surface area contributed by atoms with Crippen LogP contribution < -0.4 is 4.90 Å². The summed E-state index contributed by atoms with van der Waals surface area (Å²) in [5, 5.41) is 2.55. The normalized spacial score (nSPS) is 17.6. The molecule has 1 heterocycles. The number of benzene rings is 7. The van der Waals surface area contributed by atoms with Gasteiger partial charge in [-0.2, -0.15) is 0 Å². The molecule has 0 fully saturated rings. The summed E-state index contributed by atoms with van der Waals surface area (Å²) in [6.07, 6.45) is 12.7. The van der Waals surface area contributed by atoms with Crippen LogP contribution in [0, 0.1) is 5.92 Å². The fraction of sp³-hybridized carbons (Fsp3) is 0.0943. The summed E-state index contributed by atoms with van der Waals surface area (Å²) in [7, 11) is 0. The molecule has 3 atom stereocenters. The van der Waals surface area contributed by atoms with Gasteiger partial charge in [-0.15, -0.1) is 0 Å². The lowest BCUT2D eigenvalue weighted by atomic mass is 9.76. The van der Waals surface area contributed by atoms with Crippen molar-refractivity contribution in [1.82, 2.24) is 4.57 Å². The smallest absolute Gasteiger partial charge is 0.0560 e. The molecule has 1 aromatic heterocycles. The molecular formula is C53H42N2. The molecule has 3 unspecified atom stereocenters. The van der Waals surface area contributed by atoms with E-state index in [0.29, 0.717) is 11.8 Å². The molecule has 0 radical (unpaired) electrons. The largest absolute Gasteiger partial charge is 0.334 e. The number of hydrogen-bond acceptors (Lipinski definition) is 1. The molecule has 7 aromatic carbocycles. The molecule has 55 heavy (non-hydrogen) atoms. The zero-order valence-corrected chi connectivity index (χ0v) is 31.0. The van der Waals surface area contributed by atoms with Gasteiger partial charge in [-0.1, -0.05) is 171 Å². The van der Waals surface area contributed by atoms with Gasteiger partial charge in [0.1, 0.15) is 0 Å². The van der Waals surface area contributed by atoms with Gasteiger partial charge in [0.25, 0.3) is 0 Å². The first-order valence-electron chi connectivity index (χ1n) is 19.5. The van der Waals surface area contributed by atoms with Crippen molar-refractivity contribution in [1.29, 1.82) is 0 Å². The molecule has 8 aromatic rings. The number of fused-ring (bicyclic) bond motifs is 4. The molecule has 0 N–H and O–H groups in total. The van der Waals surface area contributed by atoms with Gasteiger partial charge < -0.3 is 9.47 Å². The van der Waals surface area contributed by atoms with Crippen LogP contribution in [0.4, 0.5) is 11.4 Å². The van der Waals surface area contributed by atoms with Crippen molar-refractivity contribution >= 4 is 44.8 Å². The van der Waals surface area contributed by atoms with E-state index < -0.39 is 0 Å².